The van der Waals surface area contributed by atoms with Crippen LogP contribution in [0.25, 0.3) is 0 Å². The topological polar surface area (TPSA) is 113 Å². The Morgan fingerprint density at radius 1 is 1.55 bits per heavy atom. The average molecular weight is 280 g/mol. The van der Waals surface area contributed by atoms with Crippen molar-refractivity contribution in [3.05, 3.63) is 16.3 Å². The number of carbonyl (C=O) groups is 1. The van der Waals surface area contributed by atoms with Gasteiger partial charge in [0.25, 0.3) is 0 Å². The van der Waals surface area contributed by atoms with Crippen LogP contribution in [0.15, 0.2) is 6.20 Å². The van der Waals surface area contributed by atoms with Gasteiger partial charge in [-0.3, -0.25) is 14.9 Å². The van der Waals surface area contributed by atoms with Gasteiger partial charge in [0, 0.05) is 33.1 Å². The summed E-state index contributed by atoms with van der Waals surface area (Å²) in [6, 6.07) is -0.0593. The van der Waals surface area contributed by atoms with Crippen LogP contribution in [-0.4, -0.2) is 52.4 Å². The summed E-state index contributed by atoms with van der Waals surface area (Å²) in [4.78, 5) is 31.4. The maximum Gasteiger partial charge on any atom is 0.329 e. The molecule has 9 heteroatoms. The lowest BCUT2D eigenvalue weighted by atomic mass is 10.1. The first-order chi connectivity index (χ1) is 9.51. The Balaban J connectivity index is 2.19. The zero-order valence-electron chi connectivity index (χ0n) is 11.3. The van der Waals surface area contributed by atoms with Crippen molar-refractivity contribution in [2.24, 2.45) is 0 Å². The number of anilines is 2. The molecule has 1 aromatic heterocycles. The van der Waals surface area contributed by atoms with Crippen LogP contribution in [0.2, 0.25) is 0 Å². The Bertz CT molecular complexity index is 535. The van der Waals surface area contributed by atoms with Gasteiger partial charge in [-0.15, -0.1) is 0 Å². The number of nitro groups is 1. The second kappa shape index (κ2) is 5.68. The van der Waals surface area contributed by atoms with Gasteiger partial charge in [-0.05, 0) is 6.42 Å². The first kappa shape index (κ1) is 14.0. The first-order valence-corrected chi connectivity index (χ1v) is 6.21. The normalized spacial score (nSPS) is 18.8. The lowest BCUT2D eigenvalue weighted by molar-refractivity contribution is -0.384. The van der Waals surface area contributed by atoms with E-state index in [2.05, 4.69) is 20.6 Å². The minimum Gasteiger partial charge on any atom is -0.360 e. The van der Waals surface area contributed by atoms with Gasteiger partial charge in [0.05, 0.1) is 4.92 Å². The van der Waals surface area contributed by atoms with Crippen molar-refractivity contribution in [2.75, 3.05) is 31.3 Å². The largest absolute Gasteiger partial charge is 0.360 e. The fourth-order valence-corrected chi connectivity index (χ4v) is 2.06. The van der Waals surface area contributed by atoms with E-state index >= 15 is 0 Å². The summed E-state index contributed by atoms with van der Waals surface area (Å²) in [5.74, 6) is 0.552. The monoisotopic (exact) mass is 280 g/mol. The van der Waals surface area contributed by atoms with Gasteiger partial charge in [-0.1, -0.05) is 0 Å². The average Bonchev–Trinajstić information content (AvgIpc) is 2.42. The molecule has 1 fully saturated rings. The second-order valence-electron chi connectivity index (χ2n) is 4.59. The highest BCUT2D eigenvalue weighted by molar-refractivity contribution is 5.77. The van der Waals surface area contributed by atoms with Crippen LogP contribution in [0.1, 0.15) is 12.8 Å². The Morgan fingerprint density at radius 2 is 2.30 bits per heavy atom. The third-order valence-electron chi connectivity index (χ3n) is 3.16. The van der Waals surface area contributed by atoms with Crippen LogP contribution >= 0.6 is 0 Å². The molecular weight excluding hydrogens is 264 g/mol. The van der Waals surface area contributed by atoms with Crippen LogP contribution in [0.5, 0.6) is 0 Å². The molecule has 1 unspecified atom stereocenters. The van der Waals surface area contributed by atoms with E-state index in [-0.39, 0.29) is 23.5 Å². The fourth-order valence-electron chi connectivity index (χ4n) is 2.06. The Morgan fingerprint density at radius 3 is 2.90 bits per heavy atom. The molecule has 0 bridgehead atoms. The van der Waals surface area contributed by atoms with Crippen LogP contribution < -0.4 is 10.6 Å². The Labute approximate surface area is 115 Å². The number of rotatable bonds is 4. The van der Waals surface area contributed by atoms with Crippen molar-refractivity contribution in [3.8, 4) is 0 Å². The standard InChI is InChI=1S/C11H16N6O3/c1-12-11-13-5-8(17(19)20)10(15-11)14-7-3-4-9(18)16(2)6-7/h5,7H,3-4,6H2,1-2H3,(H2,12,13,14,15). The number of amides is 1. The van der Waals surface area contributed by atoms with Crippen LogP contribution in [0, 0.1) is 10.1 Å². The highest BCUT2D eigenvalue weighted by Gasteiger charge is 2.26. The lowest BCUT2D eigenvalue weighted by Crippen LogP contribution is -2.43. The zero-order valence-corrected chi connectivity index (χ0v) is 11.3. The van der Waals surface area contributed by atoms with Gasteiger partial charge in [-0.2, -0.15) is 4.98 Å². The number of aromatic nitrogens is 2. The van der Waals surface area contributed by atoms with Gasteiger partial charge < -0.3 is 15.5 Å². The molecule has 0 saturated carbocycles. The molecule has 108 valence electrons. The SMILES string of the molecule is CNc1ncc([N+](=O)[O-])c(NC2CCC(=O)N(C)C2)n1. The predicted molar refractivity (Wildman–Crippen MR) is 72.5 cm³/mol. The van der Waals surface area contributed by atoms with Crippen LogP contribution in [0.3, 0.4) is 0 Å². The first-order valence-electron chi connectivity index (χ1n) is 6.21. The molecule has 1 aliphatic heterocycles. The molecular formula is C11H16N6O3. The molecule has 1 atom stereocenters. The molecule has 2 N–H and O–H groups in total. The molecule has 2 heterocycles. The molecule has 0 aliphatic carbocycles. The molecule has 1 aliphatic rings. The molecule has 20 heavy (non-hydrogen) atoms. The van der Waals surface area contributed by atoms with Gasteiger partial charge >= 0.3 is 5.69 Å². The molecule has 2 rings (SSSR count). The number of likely N-dealkylation sites (N-methyl/N-ethyl adjacent to an activating group) is 1. The number of nitrogens with zero attached hydrogens (tertiary/aromatic N) is 4. The molecule has 0 aromatic carbocycles. The van der Waals surface area contributed by atoms with Gasteiger partial charge in [-0.25, -0.2) is 4.98 Å². The predicted octanol–water partition coefficient (Wildman–Crippen LogP) is 0.459. The van der Waals surface area contributed by atoms with Gasteiger partial charge in [0.15, 0.2) is 0 Å². The van der Waals surface area contributed by atoms with Gasteiger partial charge in [0.2, 0.25) is 17.7 Å². The van der Waals surface area contributed by atoms with E-state index in [0.717, 1.165) is 0 Å². The molecule has 9 nitrogen and oxygen atoms in total. The number of piperidine rings is 1. The smallest absolute Gasteiger partial charge is 0.329 e. The van der Waals surface area contributed by atoms with Gasteiger partial charge in [0.1, 0.15) is 6.20 Å². The number of nitrogens with one attached hydrogen (secondary N) is 2. The van der Waals surface area contributed by atoms with Crippen LogP contribution in [0.4, 0.5) is 17.5 Å². The minimum absolute atomic E-state index is 0.0593. The quantitative estimate of drug-likeness (QED) is 0.608. The number of carbonyl (C=O) groups excluding carboxylic acids is 1. The molecule has 1 amide bonds. The Kier molecular flexibility index (Phi) is 3.97. The van der Waals surface area contributed by atoms with Crippen molar-refractivity contribution < 1.29 is 9.72 Å². The van der Waals surface area contributed by atoms with E-state index in [4.69, 9.17) is 0 Å². The van der Waals surface area contributed by atoms with Crippen molar-refractivity contribution in [1.82, 2.24) is 14.9 Å². The van der Waals surface area contributed by atoms with E-state index < -0.39 is 4.92 Å². The maximum absolute atomic E-state index is 11.4. The summed E-state index contributed by atoms with van der Waals surface area (Å²) < 4.78 is 0. The van der Waals surface area contributed by atoms with Crippen LogP contribution in [-0.2, 0) is 4.79 Å². The van der Waals surface area contributed by atoms with E-state index in [0.29, 0.717) is 25.3 Å². The summed E-state index contributed by atoms with van der Waals surface area (Å²) in [6.45, 7) is 0.495. The molecule has 1 aromatic rings. The summed E-state index contributed by atoms with van der Waals surface area (Å²) in [7, 11) is 3.35. The lowest BCUT2D eigenvalue weighted by Gasteiger charge is -2.30. The van der Waals surface area contributed by atoms with Crippen molar-refractivity contribution in [2.45, 2.75) is 18.9 Å². The maximum atomic E-state index is 11.4. The highest BCUT2D eigenvalue weighted by Crippen LogP contribution is 2.24. The number of likely N-dealkylation sites (tertiary alicyclic amines) is 1. The zero-order chi connectivity index (χ0) is 14.7. The van der Waals surface area contributed by atoms with E-state index in [1.54, 1.807) is 19.0 Å². The Hall–Kier alpha value is -2.45. The molecule has 1 saturated heterocycles. The minimum atomic E-state index is -0.528. The van der Waals surface area contributed by atoms with Crippen molar-refractivity contribution in [3.63, 3.8) is 0 Å². The summed E-state index contributed by atoms with van der Waals surface area (Å²) in [5.41, 5.74) is -0.177. The summed E-state index contributed by atoms with van der Waals surface area (Å²) in [6.07, 6.45) is 2.21. The van der Waals surface area contributed by atoms with Crippen molar-refractivity contribution >= 4 is 23.4 Å². The fraction of sp³-hybridized carbons (Fsp3) is 0.545. The molecule has 0 spiro atoms. The van der Waals surface area contributed by atoms with E-state index in [1.807, 2.05) is 0 Å². The highest BCUT2D eigenvalue weighted by atomic mass is 16.6. The van der Waals surface area contributed by atoms with Crippen molar-refractivity contribution in [1.29, 1.82) is 0 Å². The van der Waals surface area contributed by atoms with E-state index in [9.17, 15) is 14.9 Å². The number of hydrogen-bond donors (Lipinski definition) is 2. The third kappa shape index (κ3) is 2.92. The third-order valence-corrected chi connectivity index (χ3v) is 3.16. The summed E-state index contributed by atoms with van der Waals surface area (Å²) in [5, 5.41) is 16.7. The second-order valence-corrected chi connectivity index (χ2v) is 4.59. The number of hydrogen-bond acceptors (Lipinski definition) is 7. The van der Waals surface area contributed by atoms with E-state index in [1.165, 1.54) is 6.20 Å². The summed E-state index contributed by atoms with van der Waals surface area (Å²) >= 11 is 0. The molecule has 0 radical (unpaired) electrons.